The lowest BCUT2D eigenvalue weighted by molar-refractivity contribution is 1.07. The summed E-state index contributed by atoms with van der Waals surface area (Å²) in [6, 6.07) is 66.6. The molecule has 8 aromatic carbocycles. The van der Waals surface area contributed by atoms with Gasteiger partial charge in [-0.1, -0.05) is 170 Å². The van der Waals surface area contributed by atoms with Gasteiger partial charge in [0.2, 0.25) is 0 Å². The summed E-state index contributed by atoms with van der Waals surface area (Å²) in [5.41, 5.74) is 15.5. The highest BCUT2D eigenvalue weighted by atomic mass is 15.0. The van der Waals surface area contributed by atoms with Gasteiger partial charge in [-0.3, -0.25) is 0 Å². The molecule has 9 aromatic rings. The predicted molar refractivity (Wildman–Crippen MR) is 218 cm³/mol. The third-order valence-electron chi connectivity index (χ3n) is 10.4. The highest BCUT2D eigenvalue weighted by Crippen LogP contribution is 2.48. The van der Waals surface area contributed by atoms with Crippen LogP contribution in [-0.2, 0) is 6.42 Å². The molecule has 0 N–H and O–H groups in total. The maximum Gasteiger partial charge on any atom is 0.164 e. The van der Waals surface area contributed by atoms with Crippen LogP contribution in [0, 0.1) is 0 Å². The number of rotatable bonds is 6. The van der Waals surface area contributed by atoms with E-state index in [2.05, 4.69) is 127 Å². The minimum atomic E-state index is 0.648. The molecule has 0 atom stereocenters. The van der Waals surface area contributed by atoms with Gasteiger partial charge in [0.05, 0.1) is 0 Å². The first-order chi connectivity index (χ1) is 26.3. The molecule has 0 amide bonds. The van der Waals surface area contributed by atoms with Crippen LogP contribution in [0.25, 0.3) is 89.4 Å². The summed E-state index contributed by atoms with van der Waals surface area (Å²) in [5.74, 6) is 1.96. The minimum Gasteiger partial charge on any atom is -0.208 e. The van der Waals surface area contributed by atoms with Crippen LogP contribution in [-0.4, -0.2) is 15.0 Å². The van der Waals surface area contributed by atoms with Crippen molar-refractivity contribution in [2.75, 3.05) is 0 Å². The molecule has 0 bridgehead atoms. The molecule has 248 valence electrons. The van der Waals surface area contributed by atoms with Gasteiger partial charge in [-0.2, -0.15) is 0 Å². The number of nitrogens with zero attached hydrogens (tertiary/aromatic N) is 3. The number of benzene rings is 8. The molecule has 0 saturated heterocycles. The average Bonchev–Trinajstić information content (AvgIpc) is 3.63. The van der Waals surface area contributed by atoms with Crippen molar-refractivity contribution in [3.05, 3.63) is 199 Å². The molecule has 3 nitrogen and oxygen atoms in total. The van der Waals surface area contributed by atoms with Gasteiger partial charge < -0.3 is 0 Å². The molecule has 1 aliphatic carbocycles. The van der Waals surface area contributed by atoms with E-state index >= 15 is 0 Å². The van der Waals surface area contributed by atoms with E-state index in [1.807, 2.05) is 60.7 Å². The second-order valence-electron chi connectivity index (χ2n) is 13.6. The molecule has 0 radical (unpaired) electrons. The van der Waals surface area contributed by atoms with E-state index in [9.17, 15) is 0 Å². The fourth-order valence-corrected chi connectivity index (χ4v) is 7.84. The van der Waals surface area contributed by atoms with Gasteiger partial charge >= 0.3 is 0 Å². The first-order valence-electron chi connectivity index (χ1n) is 18.1. The second-order valence-corrected chi connectivity index (χ2v) is 13.6. The molecule has 1 heterocycles. The van der Waals surface area contributed by atoms with E-state index in [1.54, 1.807) is 0 Å². The van der Waals surface area contributed by atoms with Crippen LogP contribution in [0.4, 0.5) is 0 Å². The summed E-state index contributed by atoms with van der Waals surface area (Å²) in [6.45, 7) is 0. The number of hydrogen-bond donors (Lipinski definition) is 0. The third-order valence-corrected chi connectivity index (χ3v) is 10.4. The molecule has 0 unspecified atom stereocenters. The van der Waals surface area contributed by atoms with Crippen LogP contribution in [0.15, 0.2) is 188 Å². The van der Waals surface area contributed by atoms with Gasteiger partial charge in [0.15, 0.2) is 17.5 Å². The van der Waals surface area contributed by atoms with E-state index in [0.29, 0.717) is 17.5 Å². The van der Waals surface area contributed by atoms with Crippen LogP contribution in [0.1, 0.15) is 11.1 Å². The van der Waals surface area contributed by atoms with Crippen LogP contribution < -0.4 is 0 Å². The summed E-state index contributed by atoms with van der Waals surface area (Å²) in [6.07, 6.45) is 0.928. The van der Waals surface area contributed by atoms with Gasteiger partial charge in [-0.25, -0.2) is 15.0 Å². The summed E-state index contributed by atoms with van der Waals surface area (Å²) in [7, 11) is 0. The van der Waals surface area contributed by atoms with Crippen molar-refractivity contribution >= 4 is 10.8 Å². The SMILES string of the molecule is c1ccc(-c2nc(-c3ccccc3)nc(-c3cccc(-c4cccc(-c5cccc6c5-c5cc(-c7ccccc7)c7ccccc7c5C6)c4)c3)n2)cc1. The van der Waals surface area contributed by atoms with Gasteiger partial charge in [-0.05, 0) is 91.0 Å². The van der Waals surface area contributed by atoms with E-state index in [0.717, 1.165) is 34.2 Å². The lowest BCUT2D eigenvalue weighted by Crippen LogP contribution is -2.00. The van der Waals surface area contributed by atoms with Crippen molar-refractivity contribution < 1.29 is 0 Å². The maximum atomic E-state index is 4.99. The molecule has 0 fully saturated rings. The Morgan fingerprint density at radius 1 is 0.302 bits per heavy atom. The molecule has 0 saturated carbocycles. The fourth-order valence-electron chi connectivity index (χ4n) is 7.84. The smallest absolute Gasteiger partial charge is 0.164 e. The predicted octanol–water partition coefficient (Wildman–Crippen LogP) is 12.6. The molecular formula is C50H33N3. The van der Waals surface area contributed by atoms with E-state index in [-0.39, 0.29) is 0 Å². The topological polar surface area (TPSA) is 38.7 Å². The van der Waals surface area contributed by atoms with Crippen molar-refractivity contribution in [2.24, 2.45) is 0 Å². The van der Waals surface area contributed by atoms with Gasteiger partial charge in [0.1, 0.15) is 0 Å². The first-order valence-corrected chi connectivity index (χ1v) is 18.1. The van der Waals surface area contributed by atoms with Crippen molar-refractivity contribution in [1.82, 2.24) is 15.0 Å². The number of aromatic nitrogens is 3. The summed E-state index contributed by atoms with van der Waals surface area (Å²) in [5, 5.41) is 2.64. The molecule has 1 aromatic heterocycles. The van der Waals surface area contributed by atoms with E-state index < -0.39 is 0 Å². The second kappa shape index (κ2) is 13.0. The quantitative estimate of drug-likeness (QED) is 0.176. The Morgan fingerprint density at radius 3 is 1.42 bits per heavy atom. The normalized spacial score (nSPS) is 11.7. The van der Waals surface area contributed by atoms with Gasteiger partial charge in [0, 0.05) is 16.7 Å². The van der Waals surface area contributed by atoms with Gasteiger partial charge in [-0.15, -0.1) is 0 Å². The zero-order valence-corrected chi connectivity index (χ0v) is 28.9. The maximum absolute atomic E-state index is 4.99. The lowest BCUT2D eigenvalue weighted by Gasteiger charge is -2.15. The highest BCUT2D eigenvalue weighted by Gasteiger charge is 2.25. The Hall–Kier alpha value is -6.97. The standard InChI is InChI=1S/C50H33N3/c1-4-15-33(16-5-1)44-32-46-45(43-27-11-10-26-42(43)44)31-39-24-14-28-41(47(39)46)38-23-12-21-36(29-38)37-22-13-25-40(30-37)50-52-48(34-17-6-2-7-18-34)51-49(53-50)35-19-8-3-9-20-35/h1-30,32H,31H2. The zero-order chi connectivity index (χ0) is 35.1. The third kappa shape index (κ3) is 5.60. The highest BCUT2D eigenvalue weighted by molar-refractivity contribution is 6.06. The molecule has 10 rings (SSSR count). The van der Waals surface area contributed by atoms with Gasteiger partial charge in [0.25, 0.3) is 0 Å². The van der Waals surface area contributed by atoms with Crippen molar-refractivity contribution in [3.8, 4) is 78.7 Å². The zero-order valence-electron chi connectivity index (χ0n) is 28.9. The lowest BCUT2D eigenvalue weighted by atomic mass is 9.88. The summed E-state index contributed by atoms with van der Waals surface area (Å²) >= 11 is 0. The monoisotopic (exact) mass is 675 g/mol. The molecule has 0 aliphatic heterocycles. The molecule has 1 aliphatic rings. The molecule has 0 spiro atoms. The van der Waals surface area contributed by atoms with Crippen molar-refractivity contribution in [2.45, 2.75) is 6.42 Å². The van der Waals surface area contributed by atoms with E-state index in [1.165, 1.54) is 55.3 Å². The number of hydrogen-bond acceptors (Lipinski definition) is 3. The molecule has 3 heteroatoms. The van der Waals surface area contributed by atoms with Crippen LogP contribution >= 0.6 is 0 Å². The Morgan fingerprint density at radius 2 is 0.774 bits per heavy atom. The van der Waals surface area contributed by atoms with Crippen molar-refractivity contribution in [1.29, 1.82) is 0 Å². The van der Waals surface area contributed by atoms with Crippen LogP contribution in [0.3, 0.4) is 0 Å². The Kier molecular flexibility index (Phi) is 7.54. The largest absolute Gasteiger partial charge is 0.208 e. The Balaban J connectivity index is 1.07. The van der Waals surface area contributed by atoms with E-state index in [4.69, 9.17) is 15.0 Å². The summed E-state index contributed by atoms with van der Waals surface area (Å²) < 4.78 is 0. The summed E-state index contributed by atoms with van der Waals surface area (Å²) in [4.78, 5) is 14.9. The average molecular weight is 676 g/mol. The first kappa shape index (κ1) is 30.8. The Bertz CT molecular complexity index is 2730. The fraction of sp³-hybridized carbons (Fsp3) is 0.0200. The Labute approximate surface area is 309 Å². The minimum absolute atomic E-state index is 0.648. The molecular weight excluding hydrogens is 643 g/mol. The van der Waals surface area contributed by atoms with Crippen LogP contribution in [0.5, 0.6) is 0 Å². The number of fused-ring (bicyclic) bond motifs is 5. The van der Waals surface area contributed by atoms with Crippen molar-refractivity contribution in [3.63, 3.8) is 0 Å². The van der Waals surface area contributed by atoms with Crippen LogP contribution in [0.2, 0.25) is 0 Å². The molecule has 53 heavy (non-hydrogen) atoms.